The molecule has 2 nitrogen and oxygen atoms in total. The molecule has 8 rings (SSSR count). The number of thiophene rings is 1. The van der Waals surface area contributed by atoms with E-state index in [2.05, 4.69) is 133 Å². The number of hydrogen-bond acceptors (Lipinski definition) is 1. The van der Waals surface area contributed by atoms with Crippen molar-refractivity contribution < 1.29 is 0 Å². The first kappa shape index (κ1) is 19.0. The first-order valence-corrected chi connectivity index (χ1v) is 13.1. The van der Waals surface area contributed by atoms with Crippen LogP contribution in [0.3, 0.4) is 0 Å². The van der Waals surface area contributed by atoms with E-state index in [1.807, 2.05) is 11.3 Å². The molecule has 0 spiro atoms. The third-order valence-electron chi connectivity index (χ3n) is 7.03. The lowest BCUT2D eigenvalue weighted by atomic mass is 10.1. The van der Waals surface area contributed by atoms with Gasteiger partial charge >= 0.3 is 0 Å². The summed E-state index contributed by atoms with van der Waals surface area (Å²) < 4.78 is 7.40. The Morgan fingerprint density at radius 1 is 0.500 bits per heavy atom. The van der Waals surface area contributed by atoms with Crippen LogP contribution in [0.5, 0.6) is 0 Å². The molecule has 160 valence electrons. The molecule has 0 aliphatic heterocycles. The number of aromatic nitrogens is 2. The first-order chi connectivity index (χ1) is 16.8. The maximum atomic E-state index is 2.44. The average molecular weight is 564 g/mol. The van der Waals surface area contributed by atoms with E-state index < -0.39 is 0 Å². The Balaban J connectivity index is 1.54. The summed E-state index contributed by atoms with van der Waals surface area (Å²) in [6, 6.07) is 37.7. The Morgan fingerprint density at radius 2 is 1.12 bits per heavy atom. The number of benzene rings is 5. The average Bonchev–Trinajstić information content (AvgIpc) is 3.51. The van der Waals surface area contributed by atoms with Crippen LogP contribution in [0.25, 0.3) is 69.5 Å². The molecule has 0 amide bonds. The Morgan fingerprint density at radius 3 is 1.97 bits per heavy atom. The van der Waals surface area contributed by atoms with Gasteiger partial charge in [-0.15, -0.1) is 11.3 Å². The van der Waals surface area contributed by atoms with Crippen LogP contribution in [-0.2, 0) is 0 Å². The molecule has 0 aliphatic carbocycles. The van der Waals surface area contributed by atoms with E-state index in [9.17, 15) is 0 Å². The van der Waals surface area contributed by atoms with Gasteiger partial charge in [0, 0.05) is 47.4 Å². The zero-order chi connectivity index (χ0) is 22.4. The summed E-state index contributed by atoms with van der Waals surface area (Å²) in [6.07, 6.45) is 0. The van der Waals surface area contributed by atoms with Crippen molar-refractivity contribution in [2.75, 3.05) is 0 Å². The van der Waals surface area contributed by atoms with Gasteiger partial charge in [0.1, 0.15) is 0 Å². The number of hydrogen-bond donors (Lipinski definition) is 0. The lowest BCUT2D eigenvalue weighted by Gasteiger charge is -2.08. The van der Waals surface area contributed by atoms with Crippen molar-refractivity contribution in [2.45, 2.75) is 0 Å². The molecule has 34 heavy (non-hydrogen) atoms. The highest BCUT2D eigenvalue weighted by Crippen LogP contribution is 2.42. The minimum atomic E-state index is 1.21. The topological polar surface area (TPSA) is 9.86 Å². The fraction of sp³-hybridized carbons (Fsp3) is 0. The second-order valence-corrected chi connectivity index (χ2v) is 10.8. The van der Waals surface area contributed by atoms with Crippen LogP contribution in [0, 0.1) is 0 Å². The van der Waals surface area contributed by atoms with Gasteiger partial charge in [-0.05, 0) is 42.5 Å². The number of fused-ring (bicyclic) bond motifs is 10. The van der Waals surface area contributed by atoms with Crippen LogP contribution in [-0.4, -0.2) is 7.35 Å². The molecule has 0 bridgehead atoms. The van der Waals surface area contributed by atoms with Crippen molar-refractivity contribution in [3.05, 3.63) is 103 Å². The van der Waals surface area contributed by atoms with Gasteiger partial charge in [-0.3, -0.25) is 2.78 Å². The summed E-state index contributed by atoms with van der Waals surface area (Å²) in [5, 5.41) is 7.94. The van der Waals surface area contributed by atoms with E-state index >= 15 is 0 Å². The minimum Gasteiger partial charge on any atom is -0.309 e. The van der Waals surface area contributed by atoms with Crippen LogP contribution in [0.1, 0.15) is 0 Å². The lowest BCUT2D eigenvalue weighted by Crippen LogP contribution is -1.93. The second kappa shape index (κ2) is 6.84. The fourth-order valence-corrected chi connectivity index (χ4v) is 7.57. The zero-order valence-electron chi connectivity index (χ0n) is 18.0. The first-order valence-electron chi connectivity index (χ1n) is 11.3. The van der Waals surface area contributed by atoms with Crippen molar-refractivity contribution in [3.63, 3.8) is 0 Å². The predicted molar refractivity (Wildman–Crippen MR) is 156 cm³/mol. The number of halogens is 1. The number of para-hydroxylation sites is 2. The SMILES string of the molecule is In1c2ccccc2c2c3c4ccccc4n(-c4ccc5c(c4)sc4ccccc45)c3ccc21. The number of nitrogens with zero attached hydrogens (tertiary/aromatic N) is 2. The van der Waals surface area contributed by atoms with E-state index in [0.29, 0.717) is 0 Å². The molecule has 3 aromatic heterocycles. The molecule has 0 saturated carbocycles. The summed E-state index contributed by atoms with van der Waals surface area (Å²) in [7, 11) is 0. The van der Waals surface area contributed by atoms with Crippen LogP contribution in [0.15, 0.2) is 103 Å². The third-order valence-corrected chi connectivity index (χ3v) is 9.21. The summed E-state index contributed by atoms with van der Waals surface area (Å²) in [5.41, 5.74) is 6.23. The highest BCUT2D eigenvalue weighted by Gasteiger charge is 2.19. The van der Waals surface area contributed by atoms with E-state index in [4.69, 9.17) is 0 Å². The Bertz CT molecular complexity index is 2090. The molecule has 0 unspecified atom stereocenters. The van der Waals surface area contributed by atoms with Gasteiger partial charge in [-0.1, -0.05) is 60.7 Å². The number of rotatable bonds is 1. The van der Waals surface area contributed by atoms with Gasteiger partial charge in [0.2, 0.25) is 0 Å². The van der Waals surface area contributed by atoms with Crippen LogP contribution in [0.4, 0.5) is 0 Å². The monoisotopic (exact) mass is 564 g/mol. The van der Waals surface area contributed by atoms with Crippen LogP contribution in [0.2, 0.25) is 0 Å². The fourth-order valence-electron chi connectivity index (χ4n) is 5.60. The van der Waals surface area contributed by atoms with Gasteiger partial charge in [0.15, 0.2) is 0 Å². The Hall–Kier alpha value is -3.35. The van der Waals surface area contributed by atoms with E-state index in [0.717, 1.165) is 0 Å². The molecular weight excluding hydrogens is 547 g/mol. The molecule has 0 saturated heterocycles. The van der Waals surface area contributed by atoms with Gasteiger partial charge in [-0.25, -0.2) is 0 Å². The predicted octanol–water partition coefficient (Wildman–Crippen LogP) is 9.46. The van der Waals surface area contributed by atoms with Crippen molar-refractivity contribution in [2.24, 2.45) is 0 Å². The smallest absolute Gasteiger partial charge is 0.0646 e. The molecular formula is C30H17IN2S. The van der Waals surface area contributed by atoms with E-state index in [1.54, 1.807) is 0 Å². The molecule has 0 fully saturated rings. The Kier molecular flexibility index (Phi) is 3.82. The quantitative estimate of drug-likeness (QED) is 0.176. The zero-order valence-corrected chi connectivity index (χ0v) is 21.0. The summed E-state index contributed by atoms with van der Waals surface area (Å²) in [4.78, 5) is 0. The summed E-state index contributed by atoms with van der Waals surface area (Å²) >= 11 is 4.31. The molecule has 5 aromatic carbocycles. The van der Waals surface area contributed by atoms with Crippen molar-refractivity contribution in [3.8, 4) is 5.69 Å². The van der Waals surface area contributed by atoms with Gasteiger partial charge in [0.25, 0.3) is 0 Å². The van der Waals surface area contributed by atoms with Crippen molar-refractivity contribution in [1.29, 1.82) is 0 Å². The molecule has 3 heterocycles. The minimum absolute atomic E-state index is 1.21. The Labute approximate surface area is 213 Å². The lowest BCUT2D eigenvalue weighted by molar-refractivity contribution is 1.19. The van der Waals surface area contributed by atoms with Gasteiger partial charge in [0.05, 0.1) is 44.9 Å². The standard InChI is InChI=1S/C30H17IN2S/c31-33-24-11-5-2-9-22(24)30-26(33)16-15-25-29(30)21-8-1-4-10-23(21)32(25)18-13-14-20-19-7-3-6-12-27(19)34-28(20)17-18/h1-17H. The highest BCUT2D eigenvalue weighted by molar-refractivity contribution is 14.1. The molecule has 0 aliphatic rings. The van der Waals surface area contributed by atoms with Crippen molar-refractivity contribution >= 4 is 98.0 Å². The van der Waals surface area contributed by atoms with Gasteiger partial charge < -0.3 is 4.57 Å². The third kappa shape index (κ3) is 2.39. The molecule has 0 N–H and O–H groups in total. The van der Waals surface area contributed by atoms with Crippen LogP contribution >= 0.6 is 34.2 Å². The normalized spacial score (nSPS) is 12.3. The van der Waals surface area contributed by atoms with Crippen LogP contribution < -0.4 is 0 Å². The maximum absolute atomic E-state index is 2.44. The molecule has 0 radical (unpaired) electrons. The van der Waals surface area contributed by atoms with E-state index in [-0.39, 0.29) is 0 Å². The molecule has 8 aromatic rings. The summed E-state index contributed by atoms with van der Waals surface area (Å²) in [5.74, 6) is 0. The maximum Gasteiger partial charge on any atom is 0.0646 e. The van der Waals surface area contributed by atoms with Gasteiger partial charge in [-0.2, -0.15) is 0 Å². The molecule has 0 atom stereocenters. The molecule has 4 heteroatoms. The summed E-state index contributed by atoms with van der Waals surface area (Å²) in [6.45, 7) is 0. The van der Waals surface area contributed by atoms with Crippen molar-refractivity contribution in [1.82, 2.24) is 7.35 Å². The van der Waals surface area contributed by atoms with E-state index in [1.165, 1.54) is 69.5 Å². The highest BCUT2D eigenvalue weighted by atomic mass is 127. The second-order valence-electron chi connectivity index (χ2n) is 8.78. The largest absolute Gasteiger partial charge is 0.309 e.